The molecule has 0 amide bonds. The molecule has 1 aromatic carbocycles. The number of aromatic hydroxyl groups is 2. The van der Waals surface area contributed by atoms with Crippen LogP contribution in [0.25, 0.3) is 0 Å². The van der Waals surface area contributed by atoms with Crippen LogP contribution in [-0.2, 0) is 10.2 Å². The maximum Gasteiger partial charge on any atom is 0.161 e. The van der Waals surface area contributed by atoms with Gasteiger partial charge in [-0.25, -0.2) is 0 Å². The standard InChI is InChI=1S/C21H32O4/c1-11(2)12-10-13-14(16(23)15(12)22)21(5)9-7-8-20(3,4)19(21)17(24)18(13)25-6/h10-11,17-19,22-24H,7-9H2,1-6H3/t17-,18+,19-,21+/m0/s1. The van der Waals surface area contributed by atoms with E-state index < -0.39 is 12.2 Å². The van der Waals surface area contributed by atoms with Gasteiger partial charge in [0.25, 0.3) is 0 Å². The molecule has 4 heteroatoms. The van der Waals surface area contributed by atoms with Crippen molar-refractivity contribution in [3.8, 4) is 11.5 Å². The predicted molar refractivity (Wildman–Crippen MR) is 98.1 cm³/mol. The first-order chi connectivity index (χ1) is 11.6. The number of phenolic OH excluding ortho intramolecular Hbond substituents is 2. The lowest BCUT2D eigenvalue weighted by atomic mass is 9.48. The Bertz CT molecular complexity index is 679. The molecule has 140 valence electrons. The zero-order valence-electron chi connectivity index (χ0n) is 16.3. The van der Waals surface area contributed by atoms with Gasteiger partial charge in [0.2, 0.25) is 0 Å². The summed E-state index contributed by atoms with van der Waals surface area (Å²) >= 11 is 0. The smallest absolute Gasteiger partial charge is 0.161 e. The number of aliphatic hydroxyl groups is 1. The van der Waals surface area contributed by atoms with Gasteiger partial charge in [-0.05, 0) is 35.8 Å². The van der Waals surface area contributed by atoms with E-state index in [2.05, 4.69) is 20.8 Å². The number of rotatable bonds is 2. The van der Waals surface area contributed by atoms with E-state index in [0.29, 0.717) is 5.56 Å². The Morgan fingerprint density at radius 2 is 1.76 bits per heavy atom. The molecule has 0 aromatic heterocycles. The number of ether oxygens (including phenoxy) is 1. The van der Waals surface area contributed by atoms with Gasteiger partial charge in [0.05, 0.1) is 6.10 Å². The molecular weight excluding hydrogens is 316 g/mol. The van der Waals surface area contributed by atoms with Gasteiger partial charge in [0, 0.05) is 29.6 Å². The molecule has 1 fully saturated rings. The van der Waals surface area contributed by atoms with E-state index in [1.807, 2.05) is 19.9 Å². The Hall–Kier alpha value is -1.26. The summed E-state index contributed by atoms with van der Waals surface area (Å²) in [6.07, 6.45) is 1.83. The van der Waals surface area contributed by atoms with Gasteiger partial charge >= 0.3 is 0 Å². The van der Waals surface area contributed by atoms with Crippen LogP contribution in [0, 0.1) is 11.3 Å². The average molecular weight is 348 g/mol. The van der Waals surface area contributed by atoms with Crippen LogP contribution in [0.3, 0.4) is 0 Å². The topological polar surface area (TPSA) is 69.9 Å². The average Bonchev–Trinajstić information content (AvgIpc) is 2.49. The molecule has 1 aromatic rings. The number of phenols is 2. The molecule has 0 bridgehead atoms. The summed E-state index contributed by atoms with van der Waals surface area (Å²) in [5.41, 5.74) is 1.83. The van der Waals surface area contributed by atoms with Gasteiger partial charge in [0.1, 0.15) is 6.10 Å². The van der Waals surface area contributed by atoms with Crippen LogP contribution >= 0.6 is 0 Å². The molecule has 4 atom stereocenters. The summed E-state index contributed by atoms with van der Waals surface area (Å²) in [6.45, 7) is 10.5. The fourth-order valence-corrected chi connectivity index (χ4v) is 5.79. The summed E-state index contributed by atoms with van der Waals surface area (Å²) in [7, 11) is 1.61. The normalized spacial score (nSPS) is 33.8. The Balaban J connectivity index is 2.33. The highest BCUT2D eigenvalue weighted by Gasteiger charge is 2.58. The third kappa shape index (κ3) is 2.48. The number of benzene rings is 1. The highest BCUT2D eigenvalue weighted by atomic mass is 16.5. The van der Waals surface area contributed by atoms with Crippen molar-refractivity contribution in [3.63, 3.8) is 0 Å². The van der Waals surface area contributed by atoms with Gasteiger partial charge in [-0.2, -0.15) is 0 Å². The Kier molecular flexibility index (Phi) is 4.36. The molecule has 4 nitrogen and oxygen atoms in total. The van der Waals surface area contributed by atoms with Crippen molar-refractivity contribution in [2.75, 3.05) is 7.11 Å². The van der Waals surface area contributed by atoms with Crippen molar-refractivity contribution in [3.05, 3.63) is 22.8 Å². The monoisotopic (exact) mass is 348 g/mol. The molecule has 0 heterocycles. The highest BCUT2D eigenvalue weighted by molar-refractivity contribution is 5.60. The second-order valence-electron chi connectivity index (χ2n) is 9.17. The summed E-state index contributed by atoms with van der Waals surface area (Å²) in [6, 6.07) is 1.93. The number of hydrogen-bond acceptors (Lipinski definition) is 4. The van der Waals surface area contributed by atoms with Gasteiger partial charge in [0.15, 0.2) is 11.5 Å². The van der Waals surface area contributed by atoms with Crippen molar-refractivity contribution >= 4 is 0 Å². The maximum atomic E-state index is 11.2. The highest BCUT2D eigenvalue weighted by Crippen LogP contribution is 2.62. The molecule has 2 aliphatic carbocycles. The van der Waals surface area contributed by atoms with Gasteiger partial charge in [-0.3, -0.25) is 0 Å². The van der Waals surface area contributed by atoms with Crippen LogP contribution in [0.1, 0.15) is 82.6 Å². The Labute approximate surface area is 150 Å². The molecular formula is C21H32O4. The lowest BCUT2D eigenvalue weighted by Crippen LogP contribution is -2.56. The van der Waals surface area contributed by atoms with Crippen LogP contribution in [-0.4, -0.2) is 28.5 Å². The van der Waals surface area contributed by atoms with Gasteiger partial charge in [-0.1, -0.05) is 41.0 Å². The van der Waals surface area contributed by atoms with Gasteiger partial charge < -0.3 is 20.1 Å². The number of methoxy groups -OCH3 is 1. The fraction of sp³-hybridized carbons (Fsp3) is 0.714. The second-order valence-corrected chi connectivity index (χ2v) is 9.17. The van der Waals surface area contributed by atoms with Crippen molar-refractivity contribution in [2.45, 2.75) is 77.4 Å². The molecule has 0 spiro atoms. The lowest BCUT2D eigenvalue weighted by Gasteiger charge is -2.57. The van der Waals surface area contributed by atoms with Crippen molar-refractivity contribution in [1.82, 2.24) is 0 Å². The first-order valence-corrected chi connectivity index (χ1v) is 9.36. The zero-order valence-corrected chi connectivity index (χ0v) is 16.3. The largest absolute Gasteiger partial charge is 0.504 e. The molecule has 3 N–H and O–H groups in total. The fourth-order valence-electron chi connectivity index (χ4n) is 5.79. The molecule has 3 rings (SSSR count). The van der Waals surface area contributed by atoms with E-state index in [9.17, 15) is 15.3 Å². The zero-order chi connectivity index (χ0) is 18.7. The maximum absolute atomic E-state index is 11.2. The number of aliphatic hydroxyl groups excluding tert-OH is 1. The van der Waals surface area contributed by atoms with Crippen LogP contribution in [0.4, 0.5) is 0 Å². The van der Waals surface area contributed by atoms with Crippen molar-refractivity contribution in [2.24, 2.45) is 11.3 Å². The minimum Gasteiger partial charge on any atom is -0.504 e. The second kappa shape index (κ2) is 5.88. The third-order valence-electron chi connectivity index (χ3n) is 6.79. The first-order valence-electron chi connectivity index (χ1n) is 9.36. The summed E-state index contributed by atoms with van der Waals surface area (Å²) in [5, 5.41) is 32.8. The molecule has 0 aliphatic heterocycles. The van der Waals surface area contributed by atoms with Crippen LogP contribution in [0.5, 0.6) is 11.5 Å². The molecule has 2 aliphatic rings. The van der Waals surface area contributed by atoms with E-state index in [1.54, 1.807) is 7.11 Å². The van der Waals surface area contributed by atoms with Crippen LogP contribution in [0.2, 0.25) is 0 Å². The Morgan fingerprint density at radius 1 is 1.12 bits per heavy atom. The van der Waals surface area contributed by atoms with E-state index in [0.717, 1.165) is 30.4 Å². The molecule has 25 heavy (non-hydrogen) atoms. The van der Waals surface area contributed by atoms with Crippen molar-refractivity contribution in [1.29, 1.82) is 0 Å². The number of hydrogen-bond donors (Lipinski definition) is 3. The minimum absolute atomic E-state index is 0.0247. The molecule has 0 radical (unpaired) electrons. The predicted octanol–water partition coefficient (Wildman–Crippen LogP) is 4.37. The van der Waals surface area contributed by atoms with E-state index in [4.69, 9.17) is 4.74 Å². The quantitative estimate of drug-likeness (QED) is 0.694. The van der Waals surface area contributed by atoms with Crippen molar-refractivity contribution < 1.29 is 20.1 Å². The molecule has 0 saturated heterocycles. The summed E-state index contributed by atoms with van der Waals surface area (Å²) in [4.78, 5) is 0. The third-order valence-corrected chi connectivity index (χ3v) is 6.79. The summed E-state index contributed by atoms with van der Waals surface area (Å²) in [5.74, 6) is -0.0238. The minimum atomic E-state index is -0.637. The number of fused-ring (bicyclic) bond motifs is 3. The van der Waals surface area contributed by atoms with E-state index in [-0.39, 0.29) is 34.2 Å². The van der Waals surface area contributed by atoms with E-state index in [1.165, 1.54) is 0 Å². The van der Waals surface area contributed by atoms with E-state index >= 15 is 0 Å². The first kappa shape index (κ1) is 18.5. The van der Waals surface area contributed by atoms with Crippen LogP contribution in [0.15, 0.2) is 6.07 Å². The molecule has 0 unspecified atom stereocenters. The SMILES string of the molecule is CO[C@@H]1c2cc(C(C)C)c(O)c(O)c2[C@@]2(C)CCCC(C)(C)[C@@H]2[C@H]1O. The molecule has 1 saturated carbocycles. The van der Waals surface area contributed by atoms with Gasteiger partial charge in [-0.15, -0.1) is 0 Å². The van der Waals surface area contributed by atoms with Crippen LogP contribution < -0.4 is 0 Å². The summed E-state index contributed by atoms with van der Waals surface area (Å²) < 4.78 is 5.70. The lowest BCUT2D eigenvalue weighted by molar-refractivity contribution is -0.125. The Morgan fingerprint density at radius 3 is 2.32 bits per heavy atom.